The van der Waals surface area contributed by atoms with Gasteiger partial charge in [0.1, 0.15) is 0 Å². The van der Waals surface area contributed by atoms with Crippen molar-refractivity contribution >= 4 is 0 Å². The summed E-state index contributed by atoms with van der Waals surface area (Å²) in [6, 6.07) is 4.51. The lowest BCUT2D eigenvalue weighted by Gasteiger charge is -2.04. The van der Waals surface area contributed by atoms with E-state index in [0.29, 0.717) is 12.5 Å². The highest BCUT2D eigenvalue weighted by molar-refractivity contribution is 5.20. The summed E-state index contributed by atoms with van der Waals surface area (Å²) in [4.78, 5) is 0. The Morgan fingerprint density at radius 2 is 1.94 bits per heavy atom. The van der Waals surface area contributed by atoms with Crippen molar-refractivity contribution in [3.05, 3.63) is 47.5 Å². The first-order valence-corrected chi connectivity index (χ1v) is 5.92. The van der Waals surface area contributed by atoms with E-state index < -0.39 is 11.6 Å². The van der Waals surface area contributed by atoms with Gasteiger partial charge in [-0.05, 0) is 37.1 Å². The van der Waals surface area contributed by atoms with Gasteiger partial charge in [0.15, 0.2) is 11.6 Å². The molecule has 0 aromatic heterocycles. The van der Waals surface area contributed by atoms with Gasteiger partial charge in [0.2, 0.25) is 0 Å². The van der Waals surface area contributed by atoms with Crippen molar-refractivity contribution in [3.63, 3.8) is 0 Å². The Bertz CT molecular complexity index is 372. The third kappa shape index (κ3) is 5.59. The minimum Gasteiger partial charge on any atom is -0.314 e. The molecule has 1 aromatic rings. The highest BCUT2D eigenvalue weighted by Crippen LogP contribution is 2.09. The summed E-state index contributed by atoms with van der Waals surface area (Å²) >= 11 is 0. The summed E-state index contributed by atoms with van der Waals surface area (Å²) in [5, 5.41) is 3.30. The van der Waals surface area contributed by atoms with Crippen LogP contribution in [-0.4, -0.2) is 12.6 Å². The molecule has 0 fully saturated rings. The smallest absolute Gasteiger partial charge is 0.159 e. The van der Waals surface area contributed by atoms with Crippen molar-refractivity contribution in [1.82, 2.24) is 5.32 Å². The lowest BCUT2D eigenvalue weighted by molar-refractivity contribution is 0.507. The van der Waals surface area contributed by atoms with Crippen molar-refractivity contribution in [3.8, 4) is 0 Å². The van der Waals surface area contributed by atoms with Crippen LogP contribution < -0.4 is 5.32 Å². The first kappa shape index (κ1) is 13.8. The predicted molar refractivity (Wildman–Crippen MR) is 67.0 cm³/mol. The van der Waals surface area contributed by atoms with Crippen LogP contribution in [0.15, 0.2) is 30.4 Å². The van der Waals surface area contributed by atoms with Crippen LogP contribution in [0.4, 0.5) is 8.78 Å². The fourth-order valence-electron chi connectivity index (χ4n) is 1.46. The van der Waals surface area contributed by atoms with Crippen molar-refractivity contribution in [2.45, 2.75) is 32.7 Å². The molecule has 0 bridgehead atoms. The van der Waals surface area contributed by atoms with Crippen molar-refractivity contribution in [2.75, 3.05) is 6.54 Å². The topological polar surface area (TPSA) is 12.0 Å². The van der Waals surface area contributed by atoms with Crippen molar-refractivity contribution in [1.29, 1.82) is 0 Å². The average Bonchev–Trinajstić information content (AvgIpc) is 2.27. The summed E-state index contributed by atoms with van der Waals surface area (Å²) in [6.45, 7) is 5.14. The molecule has 0 amide bonds. The van der Waals surface area contributed by atoms with E-state index in [9.17, 15) is 8.78 Å². The summed E-state index contributed by atoms with van der Waals surface area (Å²) in [7, 11) is 0. The van der Waals surface area contributed by atoms with E-state index in [-0.39, 0.29) is 0 Å². The average molecular weight is 239 g/mol. The maximum Gasteiger partial charge on any atom is 0.159 e. The lowest BCUT2D eigenvalue weighted by atomic mass is 10.1. The molecule has 1 N–H and O–H groups in total. The first-order valence-electron chi connectivity index (χ1n) is 5.92. The Labute approximate surface area is 102 Å². The highest BCUT2D eigenvalue weighted by atomic mass is 19.2. The largest absolute Gasteiger partial charge is 0.314 e. The maximum absolute atomic E-state index is 12.9. The van der Waals surface area contributed by atoms with Gasteiger partial charge in [-0.3, -0.25) is 0 Å². The number of benzene rings is 1. The van der Waals surface area contributed by atoms with Gasteiger partial charge < -0.3 is 5.32 Å². The van der Waals surface area contributed by atoms with Crippen molar-refractivity contribution < 1.29 is 8.78 Å². The third-order valence-corrected chi connectivity index (χ3v) is 2.37. The molecule has 0 heterocycles. The molecule has 0 unspecified atom stereocenters. The van der Waals surface area contributed by atoms with E-state index in [0.717, 1.165) is 18.5 Å². The quantitative estimate of drug-likeness (QED) is 0.592. The highest BCUT2D eigenvalue weighted by Gasteiger charge is 2.00. The molecule has 0 saturated heterocycles. The number of allylic oxidation sites excluding steroid dienone is 1. The predicted octanol–water partition coefficient (Wildman–Crippen LogP) is 3.45. The number of nitrogens with one attached hydrogen (secondary N) is 1. The van der Waals surface area contributed by atoms with Crippen LogP contribution >= 0.6 is 0 Å². The van der Waals surface area contributed by atoms with Crippen LogP contribution in [0, 0.1) is 11.6 Å². The molecule has 1 nitrogen and oxygen atoms in total. The first-order chi connectivity index (χ1) is 8.09. The van der Waals surface area contributed by atoms with Crippen molar-refractivity contribution in [2.24, 2.45) is 0 Å². The standard InChI is InChI=1S/C14H19F2N/c1-11(2)17-9-5-3-4-6-12-7-8-13(15)14(16)10-12/h3-4,7-8,10-11,17H,5-6,9H2,1-2H3/b4-3+. The third-order valence-electron chi connectivity index (χ3n) is 2.37. The van der Waals surface area contributed by atoms with E-state index >= 15 is 0 Å². The van der Waals surface area contributed by atoms with E-state index in [4.69, 9.17) is 0 Å². The van der Waals surface area contributed by atoms with Gasteiger partial charge in [0.05, 0.1) is 0 Å². The van der Waals surface area contributed by atoms with Gasteiger partial charge >= 0.3 is 0 Å². The summed E-state index contributed by atoms with van der Waals surface area (Å²) in [5.74, 6) is -1.57. The number of rotatable bonds is 6. The number of halogens is 2. The van der Waals surface area contributed by atoms with E-state index in [1.807, 2.05) is 6.08 Å². The molecule has 0 aliphatic carbocycles. The minimum atomic E-state index is -0.793. The molecule has 94 valence electrons. The van der Waals surface area contributed by atoms with Gasteiger partial charge in [-0.1, -0.05) is 32.1 Å². The second-order valence-electron chi connectivity index (χ2n) is 4.32. The Hall–Kier alpha value is -1.22. The second-order valence-corrected chi connectivity index (χ2v) is 4.32. The Kier molecular flexibility index (Phi) is 5.84. The zero-order valence-corrected chi connectivity index (χ0v) is 10.3. The van der Waals surface area contributed by atoms with E-state index in [1.165, 1.54) is 12.1 Å². The van der Waals surface area contributed by atoms with Crippen LogP contribution in [0.2, 0.25) is 0 Å². The Balaban J connectivity index is 2.30. The summed E-state index contributed by atoms with van der Waals surface area (Å²) < 4.78 is 25.6. The molecule has 0 atom stereocenters. The maximum atomic E-state index is 12.9. The molecule has 0 saturated carbocycles. The zero-order valence-electron chi connectivity index (χ0n) is 10.3. The monoisotopic (exact) mass is 239 g/mol. The van der Waals surface area contributed by atoms with Gasteiger partial charge in [-0.2, -0.15) is 0 Å². The van der Waals surface area contributed by atoms with Gasteiger partial charge in [-0.25, -0.2) is 8.78 Å². The van der Waals surface area contributed by atoms with Crippen LogP contribution in [0.3, 0.4) is 0 Å². The second kappa shape index (κ2) is 7.17. The van der Waals surface area contributed by atoms with Crippen LogP contribution in [0.5, 0.6) is 0 Å². The number of hydrogen-bond acceptors (Lipinski definition) is 1. The normalized spacial score (nSPS) is 11.6. The molecule has 0 aliphatic rings. The van der Waals surface area contributed by atoms with Crippen LogP contribution in [0.25, 0.3) is 0 Å². The SMILES string of the molecule is CC(C)NCC/C=C/Cc1ccc(F)c(F)c1. The molecule has 3 heteroatoms. The molecule has 1 rings (SSSR count). The van der Waals surface area contributed by atoms with E-state index in [1.54, 1.807) is 6.07 Å². The minimum absolute atomic E-state index is 0.495. The fraction of sp³-hybridized carbons (Fsp3) is 0.429. The van der Waals surface area contributed by atoms with Crippen LogP contribution in [-0.2, 0) is 6.42 Å². The number of hydrogen-bond donors (Lipinski definition) is 1. The van der Waals surface area contributed by atoms with Gasteiger partial charge in [-0.15, -0.1) is 0 Å². The fourth-order valence-corrected chi connectivity index (χ4v) is 1.46. The summed E-state index contributed by atoms with van der Waals surface area (Å²) in [5.41, 5.74) is 0.789. The molecular formula is C14H19F2N. The zero-order chi connectivity index (χ0) is 12.7. The Morgan fingerprint density at radius 3 is 2.59 bits per heavy atom. The molecule has 0 spiro atoms. The summed E-state index contributed by atoms with van der Waals surface area (Å²) in [6.07, 6.45) is 5.62. The lowest BCUT2D eigenvalue weighted by Crippen LogP contribution is -2.23. The molecule has 1 aromatic carbocycles. The molecule has 0 aliphatic heterocycles. The van der Waals surface area contributed by atoms with Crippen LogP contribution in [0.1, 0.15) is 25.8 Å². The molecular weight excluding hydrogens is 220 g/mol. The molecule has 17 heavy (non-hydrogen) atoms. The van der Waals surface area contributed by atoms with Gasteiger partial charge in [0.25, 0.3) is 0 Å². The Morgan fingerprint density at radius 1 is 1.18 bits per heavy atom. The van der Waals surface area contributed by atoms with E-state index in [2.05, 4.69) is 25.2 Å². The molecule has 0 radical (unpaired) electrons. The van der Waals surface area contributed by atoms with Gasteiger partial charge in [0, 0.05) is 6.04 Å².